The highest BCUT2D eigenvalue weighted by Crippen LogP contribution is 2.15. The van der Waals surface area contributed by atoms with E-state index in [0.29, 0.717) is 24.4 Å². The minimum atomic E-state index is 0.394. The van der Waals surface area contributed by atoms with Crippen LogP contribution in [-0.4, -0.2) is 23.8 Å². The summed E-state index contributed by atoms with van der Waals surface area (Å²) in [6.07, 6.45) is 0. The SMILES string of the molecule is CNCc1nnc(NCC(C)c2ccccc2)o1. The van der Waals surface area contributed by atoms with Crippen LogP contribution in [0.15, 0.2) is 34.7 Å². The summed E-state index contributed by atoms with van der Waals surface area (Å²) < 4.78 is 5.41. The molecular formula is C13H18N4O. The van der Waals surface area contributed by atoms with Crippen LogP contribution in [0.2, 0.25) is 0 Å². The maximum atomic E-state index is 5.41. The van der Waals surface area contributed by atoms with Gasteiger partial charge in [0.15, 0.2) is 0 Å². The summed E-state index contributed by atoms with van der Waals surface area (Å²) >= 11 is 0. The van der Waals surface area contributed by atoms with E-state index in [-0.39, 0.29) is 0 Å². The van der Waals surface area contributed by atoms with Crippen LogP contribution < -0.4 is 10.6 Å². The molecule has 0 bridgehead atoms. The summed E-state index contributed by atoms with van der Waals surface area (Å²) in [5.41, 5.74) is 1.29. The third kappa shape index (κ3) is 3.30. The number of rotatable bonds is 6. The van der Waals surface area contributed by atoms with Crippen molar-refractivity contribution in [2.45, 2.75) is 19.4 Å². The highest BCUT2D eigenvalue weighted by atomic mass is 16.4. The molecule has 0 aliphatic heterocycles. The van der Waals surface area contributed by atoms with Gasteiger partial charge in [-0.05, 0) is 18.5 Å². The number of nitrogens with zero attached hydrogens (tertiary/aromatic N) is 2. The first kappa shape index (κ1) is 12.6. The van der Waals surface area contributed by atoms with Crippen LogP contribution in [0.3, 0.4) is 0 Å². The zero-order valence-corrected chi connectivity index (χ0v) is 10.7. The van der Waals surface area contributed by atoms with Crippen molar-refractivity contribution in [1.82, 2.24) is 15.5 Å². The molecule has 18 heavy (non-hydrogen) atoms. The van der Waals surface area contributed by atoms with Crippen molar-refractivity contribution in [3.8, 4) is 0 Å². The standard InChI is InChI=1S/C13H18N4O/c1-10(11-6-4-3-5-7-11)8-15-13-17-16-12(18-13)9-14-2/h3-7,10,14H,8-9H2,1-2H3,(H,15,17). The van der Waals surface area contributed by atoms with Crippen LogP contribution in [0.4, 0.5) is 6.01 Å². The minimum Gasteiger partial charge on any atom is -0.407 e. The maximum absolute atomic E-state index is 5.41. The Hall–Kier alpha value is -1.88. The van der Waals surface area contributed by atoms with Crippen LogP contribution in [0.5, 0.6) is 0 Å². The van der Waals surface area contributed by atoms with Gasteiger partial charge >= 0.3 is 6.01 Å². The molecule has 5 nitrogen and oxygen atoms in total. The average molecular weight is 246 g/mol. The van der Waals surface area contributed by atoms with Gasteiger partial charge in [-0.1, -0.05) is 42.4 Å². The Bertz CT molecular complexity index is 469. The van der Waals surface area contributed by atoms with Crippen molar-refractivity contribution in [3.63, 3.8) is 0 Å². The Kier molecular flexibility index (Phi) is 4.30. The van der Waals surface area contributed by atoms with Gasteiger partial charge in [0, 0.05) is 6.54 Å². The van der Waals surface area contributed by atoms with Gasteiger partial charge in [-0.25, -0.2) is 0 Å². The Labute approximate surface area is 107 Å². The molecule has 1 unspecified atom stereocenters. The maximum Gasteiger partial charge on any atom is 0.315 e. The molecule has 0 aliphatic rings. The van der Waals surface area contributed by atoms with Gasteiger partial charge in [0.05, 0.1) is 6.54 Å². The van der Waals surface area contributed by atoms with Crippen molar-refractivity contribution in [1.29, 1.82) is 0 Å². The molecule has 1 aromatic carbocycles. The molecule has 0 saturated heterocycles. The third-order valence-electron chi connectivity index (χ3n) is 2.72. The Morgan fingerprint density at radius 1 is 1.22 bits per heavy atom. The van der Waals surface area contributed by atoms with E-state index < -0.39 is 0 Å². The number of hydrogen-bond donors (Lipinski definition) is 2. The fourth-order valence-electron chi connectivity index (χ4n) is 1.69. The first-order valence-electron chi connectivity index (χ1n) is 6.05. The predicted octanol–water partition coefficient (Wildman–Crippen LogP) is 2.00. The molecule has 0 fully saturated rings. The van der Waals surface area contributed by atoms with Crippen molar-refractivity contribution in [2.24, 2.45) is 0 Å². The molecule has 1 heterocycles. The Morgan fingerprint density at radius 3 is 2.72 bits per heavy atom. The van der Waals surface area contributed by atoms with Gasteiger partial charge in [-0.15, -0.1) is 5.10 Å². The van der Waals surface area contributed by atoms with Crippen LogP contribution in [0.1, 0.15) is 24.3 Å². The first-order chi connectivity index (χ1) is 8.79. The Morgan fingerprint density at radius 2 is 2.00 bits per heavy atom. The highest BCUT2D eigenvalue weighted by molar-refractivity contribution is 5.23. The number of nitrogens with one attached hydrogen (secondary N) is 2. The fraction of sp³-hybridized carbons (Fsp3) is 0.385. The summed E-state index contributed by atoms with van der Waals surface area (Å²) in [4.78, 5) is 0. The molecule has 0 aliphatic carbocycles. The van der Waals surface area contributed by atoms with Crippen LogP contribution in [0, 0.1) is 0 Å². The van der Waals surface area contributed by atoms with Crippen LogP contribution in [-0.2, 0) is 6.54 Å². The second kappa shape index (κ2) is 6.16. The zero-order chi connectivity index (χ0) is 12.8. The molecule has 0 amide bonds. The van der Waals surface area contributed by atoms with Gasteiger partial charge < -0.3 is 15.1 Å². The van der Waals surface area contributed by atoms with Gasteiger partial charge in [-0.3, -0.25) is 0 Å². The monoisotopic (exact) mass is 246 g/mol. The Balaban J connectivity index is 1.87. The van der Waals surface area contributed by atoms with E-state index in [2.05, 4.69) is 39.9 Å². The van der Waals surface area contributed by atoms with E-state index in [1.807, 2.05) is 25.2 Å². The summed E-state index contributed by atoms with van der Waals surface area (Å²) in [5.74, 6) is 0.984. The van der Waals surface area contributed by atoms with E-state index >= 15 is 0 Å². The fourth-order valence-corrected chi connectivity index (χ4v) is 1.69. The molecule has 0 radical (unpaired) electrons. The topological polar surface area (TPSA) is 63.0 Å². The summed E-state index contributed by atoms with van der Waals surface area (Å²) in [7, 11) is 1.84. The van der Waals surface area contributed by atoms with Gasteiger partial charge in [0.25, 0.3) is 0 Å². The molecule has 5 heteroatoms. The number of anilines is 1. The van der Waals surface area contributed by atoms with Gasteiger partial charge in [0.1, 0.15) is 0 Å². The first-order valence-corrected chi connectivity index (χ1v) is 6.05. The molecule has 2 N–H and O–H groups in total. The lowest BCUT2D eigenvalue weighted by Crippen LogP contribution is -2.09. The largest absolute Gasteiger partial charge is 0.407 e. The molecule has 96 valence electrons. The lowest BCUT2D eigenvalue weighted by molar-refractivity contribution is 0.488. The summed E-state index contributed by atoms with van der Waals surface area (Å²) in [6, 6.07) is 10.8. The van der Waals surface area contributed by atoms with Crippen molar-refractivity contribution in [2.75, 3.05) is 18.9 Å². The van der Waals surface area contributed by atoms with E-state index in [1.54, 1.807) is 0 Å². The van der Waals surface area contributed by atoms with Gasteiger partial charge in [-0.2, -0.15) is 0 Å². The van der Waals surface area contributed by atoms with E-state index in [4.69, 9.17) is 4.42 Å². The molecule has 0 saturated carbocycles. The normalized spacial score (nSPS) is 12.3. The smallest absolute Gasteiger partial charge is 0.315 e. The molecule has 2 rings (SSSR count). The second-order valence-electron chi connectivity index (χ2n) is 4.22. The lowest BCUT2D eigenvalue weighted by Gasteiger charge is -2.11. The molecular weight excluding hydrogens is 228 g/mol. The zero-order valence-electron chi connectivity index (χ0n) is 10.7. The predicted molar refractivity (Wildman–Crippen MR) is 70.4 cm³/mol. The number of aromatic nitrogens is 2. The molecule has 0 spiro atoms. The van der Waals surface area contributed by atoms with E-state index in [1.165, 1.54) is 5.56 Å². The molecule has 1 aromatic heterocycles. The molecule has 1 atom stereocenters. The van der Waals surface area contributed by atoms with Crippen LogP contribution >= 0.6 is 0 Å². The quantitative estimate of drug-likeness (QED) is 0.816. The number of benzene rings is 1. The van der Waals surface area contributed by atoms with Crippen molar-refractivity contribution in [3.05, 3.63) is 41.8 Å². The van der Waals surface area contributed by atoms with E-state index in [0.717, 1.165) is 6.54 Å². The highest BCUT2D eigenvalue weighted by Gasteiger charge is 2.08. The lowest BCUT2D eigenvalue weighted by atomic mass is 10.0. The third-order valence-corrected chi connectivity index (χ3v) is 2.72. The van der Waals surface area contributed by atoms with Crippen molar-refractivity contribution >= 4 is 6.01 Å². The molecule has 2 aromatic rings. The second-order valence-corrected chi connectivity index (χ2v) is 4.22. The summed E-state index contributed by atoms with van der Waals surface area (Å²) in [5, 5.41) is 14.0. The average Bonchev–Trinajstić information content (AvgIpc) is 2.85. The minimum absolute atomic E-state index is 0.394. The van der Waals surface area contributed by atoms with Crippen LogP contribution in [0.25, 0.3) is 0 Å². The van der Waals surface area contributed by atoms with Crippen molar-refractivity contribution < 1.29 is 4.42 Å². The number of hydrogen-bond acceptors (Lipinski definition) is 5. The summed E-state index contributed by atoms with van der Waals surface area (Å²) in [6.45, 7) is 3.52. The van der Waals surface area contributed by atoms with Gasteiger partial charge in [0.2, 0.25) is 5.89 Å². The van der Waals surface area contributed by atoms with E-state index in [9.17, 15) is 0 Å².